The molecule has 0 saturated heterocycles. The van der Waals surface area contributed by atoms with Gasteiger partial charge in [-0.2, -0.15) is 0 Å². The average molecular weight is 379 g/mol. The van der Waals surface area contributed by atoms with Crippen molar-refractivity contribution in [3.8, 4) is 0 Å². The smallest absolute Gasteiger partial charge is 0.394 e. The molecule has 1 amide bonds. The Morgan fingerprint density at radius 3 is 2.64 bits per heavy atom. The maximum Gasteiger partial charge on any atom is 0.394 e. The van der Waals surface area contributed by atoms with Crippen molar-refractivity contribution in [3.63, 3.8) is 0 Å². The van der Waals surface area contributed by atoms with E-state index in [2.05, 4.69) is 10.3 Å². The lowest BCUT2D eigenvalue weighted by Gasteiger charge is -2.08. The van der Waals surface area contributed by atoms with Crippen LogP contribution in [0.15, 0.2) is 47.3 Å². The number of hydrogen-bond acceptors (Lipinski definition) is 4. The highest BCUT2D eigenvalue weighted by Gasteiger charge is 2.21. The average Bonchev–Trinajstić information content (AvgIpc) is 3.06. The minimum absolute atomic E-state index is 0.210. The maximum absolute atomic E-state index is 13.1. The number of nitrogens with zero attached hydrogens (tertiary/aromatic N) is 2. The molecule has 140 valence electrons. The van der Waals surface area contributed by atoms with Gasteiger partial charge < -0.3 is 10.4 Å². The Balaban J connectivity index is 1.78. The molecule has 4 rings (SSSR count). The molecule has 0 unspecified atom stereocenters. The number of carboxylic acid groups (broad SMARTS) is 1. The Morgan fingerprint density at radius 2 is 1.93 bits per heavy atom. The Labute approximate surface area is 157 Å². The fourth-order valence-electron chi connectivity index (χ4n) is 3.18. The number of allylic oxidation sites excluding steroid dienone is 1. The largest absolute Gasteiger partial charge is 0.474 e. The quantitative estimate of drug-likeness (QED) is 0.666. The van der Waals surface area contributed by atoms with Crippen molar-refractivity contribution in [2.45, 2.75) is 13.0 Å². The van der Waals surface area contributed by atoms with Gasteiger partial charge in [0.25, 0.3) is 5.56 Å². The summed E-state index contributed by atoms with van der Waals surface area (Å²) in [6, 6.07) is 10.4. The molecular weight excluding hydrogens is 365 g/mol. The summed E-state index contributed by atoms with van der Waals surface area (Å²) in [5, 5.41) is 11.3. The first-order chi connectivity index (χ1) is 13.4. The monoisotopic (exact) mass is 379 g/mol. The van der Waals surface area contributed by atoms with E-state index in [0.29, 0.717) is 29.7 Å². The molecule has 1 aliphatic rings. The van der Waals surface area contributed by atoms with Crippen LogP contribution in [0.25, 0.3) is 22.6 Å². The highest BCUT2D eigenvalue weighted by molar-refractivity contribution is 6.36. The first-order valence-electron chi connectivity index (χ1n) is 8.48. The van der Waals surface area contributed by atoms with Crippen LogP contribution >= 0.6 is 0 Å². The molecule has 3 aromatic rings. The molecular formula is C20H14FN3O4. The van der Waals surface area contributed by atoms with Crippen molar-refractivity contribution in [2.75, 3.05) is 5.32 Å². The fourth-order valence-corrected chi connectivity index (χ4v) is 3.18. The van der Waals surface area contributed by atoms with Crippen LogP contribution < -0.4 is 10.9 Å². The first kappa shape index (κ1) is 17.6. The molecule has 2 heterocycles. The molecule has 2 N–H and O–H groups in total. The van der Waals surface area contributed by atoms with E-state index >= 15 is 0 Å². The van der Waals surface area contributed by atoms with E-state index in [0.717, 1.165) is 11.1 Å². The number of aliphatic carboxylic acids is 1. The molecule has 1 aromatic heterocycles. The zero-order chi connectivity index (χ0) is 19.8. The van der Waals surface area contributed by atoms with E-state index in [1.807, 2.05) is 6.08 Å². The summed E-state index contributed by atoms with van der Waals surface area (Å²) in [7, 11) is 0. The highest BCUT2D eigenvalue weighted by atomic mass is 19.1. The molecule has 0 radical (unpaired) electrons. The van der Waals surface area contributed by atoms with Crippen LogP contribution in [0.5, 0.6) is 0 Å². The molecule has 7 nitrogen and oxygen atoms in total. The zero-order valence-corrected chi connectivity index (χ0v) is 14.5. The predicted octanol–water partition coefficient (Wildman–Crippen LogP) is 2.50. The van der Waals surface area contributed by atoms with Gasteiger partial charge in [-0.05, 0) is 54.0 Å². The van der Waals surface area contributed by atoms with Crippen LogP contribution in [0.1, 0.15) is 17.8 Å². The topological polar surface area (TPSA) is 101 Å². The van der Waals surface area contributed by atoms with Gasteiger partial charge in [-0.1, -0.05) is 12.1 Å². The molecule has 28 heavy (non-hydrogen) atoms. The second-order valence-corrected chi connectivity index (χ2v) is 6.35. The Bertz CT molecular complexity index is 1210. The number of carbonyl (C=O) groups is 2. The number of benzene rings is 2. The third-order valence-electron chi connectivity index (χ3n) is 4.51. The lowest BCUT2D eigenvalue weighted by Crippen LogP contribution is -2.23. The van der Waals surface area contributed by atoms with Crippen LogP contribution in [0.3, 0.4) is 0 Å². The van der Waals surface area contributed by atoms with Crippen molar-refractivity contribution in [2.24, 2.45) is 0 Å². The van der Waals surface area contributed by atoms with E-state index in [-0.39, 0.29) is 17.1 Å². The van der Waals surface area contributed by atoms with Crippen molar-refractivity contribution in [1.82, 2.24) is 9.55 Å². The summed E-state index contributed by atoms with van der Waals surface area (Å²) in [5.74, 6) is -2.60. The van der Waals surface area contributed by atoms with Crippen molar-refractivity contribution in [3.05, 3.63) is 70.0 Å². The molecule has 0 saturated carbocycles. The van der Waals surface area contributed by atoms with Gasteiger partial charge in [-0.3, -0.25) is 14.2 Å². The van der Waals surface area contributed by atoms with Gasteiger partial charge in [0.1, 0.15) is 11.6 Å². The third kappa shape index (κ3) is 3.16. The second-order valence-electron chi connectivity index (χ2n) is 6.35. The number of fused-ring (bicyclic) bond motifs is 2. The van der Waals surface area contributed by atoms with Gasteiger partial charge >= 0.3 is 11.9 Å². The van der Waals surface area contributed by atoms with Gasteiger partial charge in [-0.15, -0.1) is 0 Å². The van der Waals surface area contributed by atoms with Crippen molar-refractivity contribution >= 4 is 40.1 Å². The number of carbonyl (C=O) groups excluding carboxylic acids is 1. The molecule has 0 fully saturated rings. The van der Waals surface area contributed by atoms with Gasteiger partial charge in [0, 0.05) is 12.2 Å². The van der Waals surface area contributed by atoms with E-state index in [4.69, 9.17) is 5.11 Å². The number of hydrogen-bond donors (Lipinski definition) is 2. The summed E-state index contributed by atoms with van der Waals surface area (Å²) in [6.07, 6.45) is 2.46. The van der Waals surface area contributed by atoms with Gasteiger partial charge in [0.05, 0.1) is 10.9 Å². The molecule has 1 aliphatic heterocycles. The van der Waals surface area contributed by atoms with Crippen molar-refractivity contribution < 1.29 is 19.1 Å². The van der Waals surface area contributed by atoms with Crippen LogP contribution in [-0.4, -0.2) is 26.5 Å². The Hall–Kier alpha value is -3.81. The van der Waals surface area contributed by atoms with E-state index in [1.165, 1.54) is 30.3 Å². The van der Waals surface area contributed by atoms with Crippen LogP contribution in [0.4, 0.5) is 10.1 Å². The lowest BCUT2D eigenvalue weighted by molar-refractivity contribution is -0.147. The second kappa shape index (κ2) is 6.73. The predicted molar refractivity (Wildman–Crippen MR) is 101 cm³/mol. The lowest BCUT2D eigenvalue weighted by atomic mass is 10.1. The van der Waals surface area contributed by atoms with Crippen molar-refractivity contribution in [1.29, 1.82) is 0 Å². The first-order valence-corrected chi connectivity index (χ1v) is 8.48. The highest BCUT2D eigenvalue weighted by Crippen LogP contribution is 2.28. The van der Waals surface area contributed by atoms with Crippen LogP contribution in [-0.2, 0) is 16.1 Å². The van der Waals surface area contributed by atoms with Gasteiger partial charge in [0.2, 0.25) is 0 Å². The number of anilines is 1. The number of halogens is 1. The standard InChI is InChI=1S/C20H14FN3O4/c21-13-3-1-11(2-4-13)9-12-7-8-24-17(12)23-16-10-14(22-18(25)20(27)28)5-6-15(16)19(24)26/h1-6,9-10H,7-8H2,(H,22,25)(H,27,28)/b12-9+. The summed E-state index contributed by atoms with van der Waals surface area (Å²) < 4.78 is 14.7. The molecule has 0 aliphatic carbocycles. The summed E-state index contributed by atoms with van der Waals surface area (Å²) in [6.45, 7) is 0.488. The Kier molecular flexibility index (Phi) is 4.23. The molecule has 0 atom stereocenters. The maximum atomic E-state index is 13.1. The molecule has 2 aromatic carbocycles. The number of amides is 1. The number of rotatable bonds is 2. The number of aromatic nitrogens is 2. The number of carboxylic acids is 1. The van der Waals surface area contributed by atoms with E-state index in [1.54, 1.807) is 16.7 Å². The normalized spacial score (nSPS) is 14.2. The SMILES string of the molecule is O=C(O)C(=O)Nc1ccc2c(=O)n3c(nc2c1)/C(=C/c1ccc(F)cc1)CC3. The van der Waals surface area contributed by atoms with E-state index in [9.17, 15) is 18.8 Å². The molecule has 0 bridgehead atoms. The summed E-state index contributed by atoms with van der Waals surface area (Å²) >= 11 is 0. The van der Waals surface area contributed by atoms with Gasteiger partial charge in [0.15, 0.2) is 0 Å². The minimum Gasteiger partial charge on any atom is -0.474 e. The van der Waals surface area contributed by atoms with Gasteiger partial charge in [-0.25, -0.2) is 14.2 Å². The number of nitrogens with one attached hydrogen (secondary N) is 1. The molecule has 8 heteroatoms. The minimum atomic E-state index is -1.61. The third-order valence-corrected chi connectivity index (χ3v) is 4.51. The zero-order valence-electron chi connectivity index (χ0n) is 14.5. The van der Waals surface area contributed by atoms with Crippen LogP contribution in [0.2, 0.25) is 0 Å². The summed E-state index contributed by atoms with van der Waals surface area (Å²) in [5.41, 5.74) is 2.01. The summed E-state index contributed by atoms with van der Waals surface area (Å²) in [4.78, 5) is 39.4. The molecule has 0 spiro atoms. The van der Waals surface area contributed by atoms with Crippen LogP contribution in [0, 0.1) is 5.82 Å². The Morgan fingerprint density at radius 1 is 1.18 bits per heavy atom. The van der Waals surface area contributed by atoms with E-state index < -0.39 is 11.9 Å². The fraction of sp³-hybridized carbons (Fsp3) is 0.100.